The number of aryl methyl sites for hydroxylation is 2. The smallest absolute Gasteiger partial charge is 0.288 e. The first-order chi connectivity index (χ1) is 13.5. The summed E-state index contributed by atoms with van der Waals surface area (Å²) < 4.78 is 64.1. The van der Waals surface area contributed by atoms with Crippen LogP contribution in [0.4, 0.5) is 29.3 Å². The molecule has 0 saturated carbocycles. The molecule has 2 fully saturated rings. The van der Waals surface area contributed by atoms with E-state index in [1.165, 1.54) is 21.9 Å². The largest absolute Gasteiger partial charge is 0.416 e. The van der Waals surface area contributed by atoms with Gasteiger partial charge in [0.15, 0.2) is 9.84 Å². The van der Waals surface area contributed by atoms with Gasteiger partial charge in [-0.05, 0) is 55.3 Å². The molecule has 2 saturated heterocycles. The Morgan fingerprint density at radius 1 is 0.897 bits per heavy atom. The number of sulfone groups is 1. The zero-order valence-corrected chi connectivity index (χ0v) is 16.6. The van der Waals surface area contributed by atoms with Gasteiger partial charge in [-0.15, -0.1) is 0 Å². The van der Waals surface area contributed by atoms with E-state index in [1.54, 1.807) is 12.1 Å². The number of hydrogen-bond acceptors (Lipinski definition) is 3. The van der Waals surface area contributed by atoms with E-state index in [0.717, 1.165) is 23.3 Å². The van der Waals surface area contributed by atoms with Crippen LogP contribution in [0, 0.1) is 13.8 Å². The number of anilines is 2. The Hall–Kier alpha value is -2.55. The third kappa shape index (κ3) is 3.37. The summed E-state index contributed by atoms with van der Waals surface area (Å²) in [5.74, 6) is -0.493. The molecule has 5 nitrogen and oxygen atoms in total. The molecule has 0 N–H and O–H groups in total. The number of fused-ring (bicyclic) bond motifs is 1. The van der Waals surface area contributed by atoms with Crippen molar-refractivity contribution in [3.63, 3.8) is 0 Å². The summed E-state index contributed by atoms with van der Waals surface area (Å²) in [4.78, 5) is 15.9. The Balaban J connectivity index is 1.81. The molecule has 2 aromatic rings. The molecule has 29 heavy (non-hydrogen) atoms. The number of urea groups is 1. The van der Waals surface area contributed by atoms with Crippen LogP contribution in [-0.4, -0.2) is 38.0 Å². The van der Waals surface area contributed by atoms with E-state index in [2.05, 4.69) is 0 Å². The lowest BCUT2D eigenvalue weighted by Gasteiger charge is -2.23. The van der Waals surface area contributed by atoms with E-state index >= 15 is 0 Å². The Bertz CT molecular complexity index is 1100. The number of halogens is 3. The van der Waals surface area contributed by atoms with Crippen LogP contribution >= 0.6 is 0 Å². The second kappa shape index (κ2) is 6.48. The zero-order chi connectivity index (χ0) is 21.1. The molecular weight excluding hydrogens is 405 g/mol. The highest BCUT2D eigenvalue weighted by molar-refractivity contribution is 7.91. The van der Waals surface area contributed by atoms with Crippen molar-refractivity contribution >= 4 is 27.2 Å². The molecule has 2 aromatic carbocycles. The number of carbonyl (C=O) groups excluding carboxylic acids is 1. The Morgan fingerprint density at radius 3 is 2.03 bits per heavy atom. The summed E-state index contributed by atoms with van der Waals surface area (Å²) in [5.41, 5.74) is 1.66. The van der Waals surface area contributed by atoms with Gasteiger partial charge in [-0.1, -0.05) is 12.1 Å². The standard InChI is InChI=1S/C20H19F3N2O3S/c1-12-6-7-16(8-13(12)2)25-18-11-29(27,28)10-17(18)24(19(25)26)15-5-3-4-14(9-15)20(21,22)23/h3-9,17-18H,10-11H2,1-2H3/t17-,18+/m0/s1. The maximum absolute atomic E-state index is 13.3. The molecule has 154 valence electrons. The van der Waals surface area contributed by atoms with Crippen LogP contribution in [0.15, 0.2) is 42.5 Å². The molecule has 2 amide bonds. The minimum absolute atomic E-state index is 0.0447. The van der Waals surface area contributed by atoms with E-state index in [1.807, 2.05) is 19.9 Å². The van der Waals surface area contributed by atoms with Crippen LogP contribution < -0.4 is 9.80 Å². The highest BCUT2D eigenvalue weighted by atomic mass is 32.2. The third-order valence-corrected chi connectivity index (χ3v) is 7.29. The average molecular weight is 424 g/mol. The number of nitrogens with zero attached hydrogens (tertiary/aromatic N) is 2. The molecule has 4 rings (SSSR count). The Kier molecular flexibility index (Phi) is 4.41. The van der Waals surface area contributed by atoms with Crippen molar-refractivity contribution in [1.82, 2.24) is 0 Å². The van der Waals surface area contributed by atoms with Gasteiger partial charge in [0, 0.05) is 11.4 Å². The maximum atomic E-state index is 13.3. The van der Waals surface area contributed by atoms with Crippen molar-refractivity contribution in [3.05, 3.63) is 59.2 Å². The maximum Gasteiger partial charge on any atom is 0.416 e. The lowest BCUT2D eigenvalue weighted by molar-refractivity contribution is -0.137. The summed E-state index contributed by atoms with van der Waals surface area (Å²) in [5, 5.41) is 0. The van der Waals surface area contributed by atoms with E-state index in [9.17, 15) is 26.4 Å². The summed E-state index contributed by atoms with van der Waals surface area (Å²) >= 11 is 0. The Labute approximate surface area is 166 Å². The van der Waals surface area contributed by atoms with E-state index in [0.29, 0.717) is 5.69 Å². The van der Waals surface area contributed by atoms with Crippen LogP contribution in [0.1, 0.15) is 16.7 Å². The SMILES string of the molecule is Cc1ccc(N2C(=O)N(c3cccc(C(F)(F)F)c3)[C@H]3CS(=O)(=O)C[C@H]32)cc1C. The summed E-state index contributed by atoms with van der Waals surface area (Å²) in [7, 11) is -3.43. The zero-order valence-electron chi connectivity index (χ0n) is 15.8. The van der Waals surface area contributed by atoms with Gasteiger partial charge in [0.1, 0.15) is 0 Å². The van der Waals surface area contributed by atoms with Crippen molar-refractivity contribution in [2.75, 3.05) is 21.3 Å². The predicted octanol–water partition coefficient (Wildman–Crippen LogP) is 3.93. The predicted molar refractivity (Wildman–Crippen MR) is 104 cm³/mol. The van der Waals surface area contributed by atoms with Crippen LogP contribution in [-0.2, 0) is 16.0 Å². The van der Waals surface area contributed by atoms with Crippen molar-refractivity contribution in [1.29, 1.82) is 0 Å². The minimum Gasteiger partial charge on any atom is -0.288 e. The van der Waals surface area contributed by atoms with Gasteiger partial charge in [-0.2, -0.15) is 13.2 Å². The number of carbonyl (C=O) groups is 1. The van der Waals surface area contributed by atoms with Gasteiger partial charge in [0.2, 0.25) is 0 Å². The van der Waals surface area contributed by atoms with Gasteiger partial charge in [0.05, 0.1) is 29.2 Å². The molecule has 2 heterocycles. The lowest BCUT2D eigenvalue weighted by atomic mass is 10.1. The summed E-state index contributed by atoms with van der Waals surface area (Å²) in [6.07, 6.45) is -4.56. The van der Waals surface area contributed by atoms with Crippen molar-refractivity contribution in [2.45, 2.75) is 32.1 Å². The molecule has 0 bridgehead atoms. The van der Waals surface area contributed by atoms with E-state index in [-0.39, 0.29) is 17.2 Å². The first kappa shape index (κ1) is 19.8. The van der Waals surface area contributed by atoms with Crippen molar-refractivity contribution < 1.29 is 26.4 Å². The topological polar surface area (TPSA) is 57.7 Å². The highest BCUT2D eigenvalue weighted by Crippen LogP contribution is 2.40. The fourth-order valence-electron chi connectivity index (χ4n) is 4.01. The van der Waals surface area contributed by atoms with Gasteiger partial charge in [-0.3, -0.25) is 9.80 Å². The van der Waals surface area contributed by atoms with Gasteiger partial charge >= 0.3 is 12.2 Å². The minimum atomic E-state index is -4.56. The molecule has 0 aliphatic carbocycles. The monoisotopic (exact) mass is 424 g/mol. The first-order valence-corrected chi connectivity index (χ1v) is 10.9. The molecular formula is C20H19F3N2O3S. The molecule has 0 spiro atoms. The fraction of sp³-hybridized carbons (Fsp3) is 0.350. The first-order valence-electron chi connectivity index (χ1n) is 9.05. The molecule has 2 aliphatic heterocycles. The molecule has 2 atom stereocenters. The van der Waals surface area contributed by atoms with Crippen LogP contribution in [0.3, 0.4) is 0 Å². The number of amides is 2. The molecule has 2 aliphatic rings. The highest BCUT2D eigenvalue weighted by Gasteiger charge is 2.54. The number of alkyl halides is 3. The van der Waals surface area contributed by atoms with Crippen LogP contribution in [0.25, 0.3) is 0 Å². The van der Waals surface area contributed by atoms with Gasteiger partial charge in [0.25, 0.3) is 0 Å². The second-order valence-electron chi connectivity index (χ2n) is 7.55. The van der Waals surface area contributed by atoms with Crippen molar-refractivity contribution in [3.8, 4) is 0 Å². The number of rotatable bonds is 2. The van der Waals surface area contributed by atoms with Crippen LogP contribution in [0.2, 0.25) is 0 Å². The number of hydrogen-bond donors (Lipinski definition) is 0. The van der Waals surface area contributed by atoms with Gasteiger partial charge in [-0.25, -0.2) is 13.2 Å². The lowest BCUT2D eigenvalue weighted by Crippen LogP contribution is -2.38. The fourth-order valence-corrected chi connectivity index (χ4v) is 5.93. The Morgan fingerprint density at radius 2 is 1.48 bits per heavy atom. The molecule has 0 unspecified atom stereocenters. The third-order valence-electron chi connectivity index (χ3n) is 5.59. The van der Waals surface area contributed by atoms with E-state index < -0.39 is 39.7 Å². The second-order valence-corrected chi connectivity index (χ2v) is 9.70. The van der Waals surface area contributed by atoms with Gasteiger partial charge < -0.3 is 0 Å². The number of benzene rings is 2. The molecule has 0 aromatic heterocycles. The molecule has 0 radical (unpaired) electrons. The quantitative estimate of drug-likeness (QED) is 0.687. The summed E-state index contributed by atoms with van der Waals surface area (Å²) in [6.45, 7) is 3.80. The molecule has 9 heteroatoms. The van der Waals surface area contributed by atoms with Crippen LogP contribution in [0.5, 0.6) is 0 Å². The summed E-state index contributed by atoms with van der Waals surface area (Å²) in [6, 6.07) is 7.91. The van der Waals surface area contributed by atoms with Crippen molar-refractivity contribution in [2.24, 2.45) is 0 Å². The average Bonchev–Trinajstić information content (AvgIpc) is 3.05. The van der Waals surface area contributed by atoms with E-state index in [4.69, 9.17) is 0 Å². The normalized spacial score (nSPS) is 23.6.